The van der Waals surface area contributed by atoms with Gasteiger partial charge in [-0.05, 0) is 17.7 Å². The van der Waals surface area contributed by atoms with Crippen molar-refractivity contribution >= 4 is 5.69 Å². The number of hydrogen-bond acceptors (Lipinski definition) is 5. The van der Waals surface area contributed by atoms with Crippen LogP contribution in [0.3, 0.4) is 0 Å². The Labute approximate surface area is 101 Å². The van der Waals surface area contributed by atoms with Crippen LogP contribution in [0.15, 0.2) is 24.3 Å². The minimum Gasteiger partial charge on any atom is -0.399 e. The molecule has 1 aromatic rings. The fourth-order valence-corrected chi connectivity index (χ4v) is 1.69. The molecule has 0 fully saturated rings. The predicted molar refractivity (Wildman–Crippen MR) is 66.4 cm³/mol. The largest absolute Gasteiger partial charge is 0.399 e. The van der Waals surface area contributed by atoms with Crippen LogP contribution in [0.5, 0.6) is 0 Å². The van der Waals surface area contributed by atoms with Gasteiger partial charge in [-0.15, -0.1) is 0 Å². The lowest BCUT2D eigenvalue weighted by Gasteiger charge is -2.23. The van der Waals surface area contributed by atoms with E-state index in [0.717, 1.165) is 5.56 Å². The third-order valence-electron chi connectivity index (χ3n) is 2.56. The van der Waals surface area contributed by atoms with Gasteiger partial charge in [-0.25, -0.2) is 0 Å². The number of nitrogen functional groups attached to an aromatic ring is 1. The third kappa shape index (κ3) is 4.70. The van der Waals surface area contributed by atoms with E-state index in [1.807, 2.05) is 0 Å². The van der Waals surface area contributed by atoms with Crippen molar-refractivity contribution in [3.8, 4) is 0 Å². The molecule has 1 atom stereocenters. The lowest BCUT2D eigenvalue weighted by Crippen LogP contribution is -2.33. The molecule has 0 radical (unpaired) electrons. The zero-order valence-electron chi connectivity index (χ0n) is 9.79. The Morgan fingerprint density at radius 2 is 1.82 bits per heavy atom. The summed E-state index contributed by atoms with van der Waals surface area (Å²) in [7, 11) is 0. The zero-order chi connectivity index (χ0) is 12.7. The smallest absolute Gasteiger partial charge is 0.0917 e. The first kappa shape index (κ1) is 13.9. The Balaban J connectivity index is 2.59. The van der Waals surface area contributed by atoms with Gasteiger partial charge in [0.15, 0.2) is 0 Å². The number of anilines is 1. The molecule has 0 amide bonds. The maximum atomic E-state index is 10.0. The number of aliphatic hydroxyl groups excluding tert-OH is 3. The van der Waals surface area contributed by atoms with Crippen LogP contribution in [0.1, 0.15) is 11.7 Å². The summed E-state index contributed by atoms with van der Waals surface area (Å²) in [5, 5.41) is 27.7. The molecule has 0 saturated carbocycles. The van der Waals surface area contributed by atoms with E-state index < -0.39 is 6.10 Å². The van der Waals surface area contributed by atoms with Crippen molar-refractivity contribution in [2.75, 3.05) is 38.6 Å². The summed E-state index contributed by atoms with van der Waals surface area (Å²) in [4.78, 5) is 1.80. The number of nitrogens with two attached hydrogens (primary N) is 1. The lowest BCUT2D eigenvalue weighted by molar-refractivity contribution is 0.0875. The van der Waals surface area contributed by atoms with Crippen LogP contribution in [-0.2, 0) is 0 Å². The van der Waals surface area contributed by atoms with Gasteiger partial charge in [-0.2, -0.15) is 0 Å². The summed E-state index contributed by atoms with van der Waals surface area (Å²) in [6.45, 7) is 1.23. The molecule has 1 aromatic carbocycles. The van der Waals surface area contributed by atoms with E-state index in [2.05, 4.69) is 0 Å². The molecule has 17 heavy (non-hydrogen) atoms. The quantitative estimate of drug-likeness (QED) is 0.486. The molecule has 1 unspecified atom stereocenters. The fourth-order valence-electron chi connectivity index (χ4n) is 1.69. The number of benzene rings is 1. The van der Waals surface area contributed by atoms with Crippen LogP contribution >= 0.6 is 0 Å². The summed E-state index contributed by atoms with van der Waals surface area (Å²) in [6, 6.07) is 7.07. The first-order chi connectivity index (χ1) is 8.17. The summed E-state index contributed by atoms with van der Waals surface area (Å²) in [5.74, 6) is 0. The highest BCUT2D eigenvalue weighted by Crippen LogP contribution is 2.16. The number of nitrogens with zero attached hydrogens (tertiary/aromatic N) is 1. The normalized spacial score (nSPS) is 12.9. The van der Waals surface area contributed by atoms with Gasteiger partial charge in [0.25, 0.3) is 0 Å². The molecule has 0 aromatic heterocycles. The monoisotopic (exact) mass is 240 g/mol. The first-order valence-electron chi connectivity index (χ1n) is 5.65. The van der Waals surface area contributed by atoms with Crippen molar-refractivity contribution in [3.63, 3.8) is 0 Å². The van der Waals surface area contributed by atoms with Gasteiger partial charge in [-0.1, -0.05) is 12.1 Å². The van der Waals surface area contributed by atoms with Gasteiger partial charge in [0.05, 0.1) is 19.3 Å². The fraction of sp³-hybridized carbons (Fsp3) is 0.500. The van der Waals surface area contributed by atoms with Crippen LogP contribution in [-0.4, -0.2) is 53.1 Å². The van der Waals surface area contributed by atoms with Gasteiger partial charge < -0.3 is 21.1 Å². The van der Waals surface area contributed by atoms with Gasteiger partial charge in [0, 0.05) is 25.3 Å². The first-order valence-corrected chi connectivity index (χ1v) is 5.65. The second kappa shape index (κ2) is 7.24. The highest BCUT2D eigenvalue weighted by Gasteiger charge is 2.13. The maximum absolute atomic E-state index is 10.0. The minimum absolute atomic E-state index is 0.00362. The average Bonchev–Trinajstić information content (AvgIpc) is 2.29. The Morgan fingerprint density at radius 1 is 1.18 bits per heavy atom. The van der Waals surface area contributed by atoms with Crippen molar-refractivity contribution in [1.82, 2.24) is 4.90 Å². The van der Waals surface area contributed by atoms with Crippen LogP contribution in [0.4, 0.5) is 5.69 Å². The molecule has 1 rings (SSSR count). The molecule has 0 aliphatic heterocycles. The Bertz CT molecular complexity index is 327. The number of rotatable bonds is 7. The van der Waals surface area contributed by atoms with E-state index in [1.165, 1.54) is 0 Å². The molecule has 5 heteroatoms. The van der Waals surface area contributed by atoms with Gasteiger partial charge in [0.2, 0.25) is 0 Å². The Morgan fingerprint density at radius 3 is 2.35 bits per heavy atom. The molecular weight excluding hydrogens is 220 g/mol. The molecule has 5 N–H and O–H groups in total. The average molecular weight is 240 g/mol. The summed E-state index contributed by atoms with van der Waals surface area (Å²) in [6.07, 6.45) is -0.670. The standard InChI is InChI=1S/C12H20N2O3/c13-11-3-1-2-10(8-11)12(17)9-14(4-6-15)5-7-16/h1-3,8,12,15-17H,4-7,9,13H2. The van der Waals surface area contributed by atoms with E-state index >= 15 is 0 Å². The van der Waals surface area contributed by atoms with Crippen molar-refractivity contribution in [2.24, 2.45) is 0 Å². The zero-order valence-corrected chi connectivity index (χ0v) is 9.79. The highest BCUT2D eigenvalue weighted by molar-refractivity contribution is 5.41. The van der Waals surface area contributed by atoms with Crippen molar-refractivity contribution in [3.05, 3.63) is 29.8 Å². The second-order valence-electron chi connectivity index (χ2n) is 3.93. The molecule has 0 aliphatic rings. The van der Waals surface area contributed by atoms with Crippen molar-refractivity contribution in [2.45, 2.75) is 6.10 Å². The van der Waals surface area contributed by atoms with E-state index in [-0.39, 0.29) is 13.2 Å². The Kier molecular flexibility index (Phi) is 5.93. The topological polar surface area (TPSA) is 90.0 Å². The van der Waals surface area contributed by atoms with Crippen molar-refractivity contribution < 1.29 is 15.3 Å². The van der Waals surface area contributed by atoms with Gasteiger partial charge in [0.1, 0.15) is 0 Å². The minimum atomic E-state index is -0.670. The van der Waals surface area contributed by atoms with E-state index in [4.69, 9.17) is 15.9 Å². The summed E-state index contributed by atoms with van der Waals surface area (Å²) >= 11 is 0. The SMILES string of the molecule is Nc1cccc(C(O)CN(CCO)CCO)c1. The van der Waals surface area contributed by atoms with Crippen LogP contribution in [0.2, 0.25) is 0 Å². The number of aliphatic hydroxyl groups is 3. The number of hydrogen-bond donors (Lipinski definition) is 4. The van der Waals surface area contributed by atoms with E-state index in [9.17, 15) is 5.11 Å². The van der Waals surface area contributed by atoms with E-state index in [1.54, 1.807) is 29.2 Å². The van der Waals surface area contributed by atoms with Crippen LogP contribution in [0.25, 0.3) is 0 Å². The second-order valence-corrected chi connectivity index (χ2v) is 3.93. The van der Waals surface area contributed by atoms with E-state index in [0.29, 0.717) is 25.3 Å². The van der Waals surface area contributed by atoms with Gasteiger partial charge >= 0.3 is 0 Å². The molecule has 0 heterocycles. The molecule has 0 spiro atoms. The Hall–Kier alpha value is -1.14. The molecule has 0 saturated heterocycles. The highest BCUT2D eigenvalue weighted by atomic mass is 16.3. The summed E-state index contributed by atoms with van der Waals surface area (Å²) in [5.41, 5.74) is 6.99. The molecule has 5 nitrogen and oxygen atoms in total. The lowest BCUT2D eigenvalue weighted by atomic mass is 10.1. The predicted octanol–water partition coefficient (Wildman–Crippen LogP) is -0.411. The molecule has 0 aliphatic carbocycles. The molecule has 0 bridgehead atoms. The molecule has 96 valence electrons. The molecular formula is C12H20N2O3. The van der Waals surface area contributed by atoms with Gasteiger partial charge in [-0.3, -0.25) is 4.90 Å². The van der Waals surface area contributed by atoms with Crippen LogP contribution < -0.4 is 5.73 Å². The summed E-state index contributed by atoms with van der Waals surface area (Å²) < 4.78 is 0. The van der Waals surface area contributed by atoms with Crippen LogP contribution in [0, 0.1) is 0 Å². The maximum Gasteiger partial charge on any atom is 0.0917 e. The third-order valence-corrected chi connectivity index (χ3v) is 2.56. The van der Waals surface area contributed by atoms with Crippen molar-refractivity contribution in [1.29, 1.82) is 0 Å².